The van der Waals surface area contributed by atoms with Gasteiger partial charge in [-0.2, -0.15) is 0 Å². The monoisotopic (exact) mass is 301 g/mol. The standard InChI is InChI=1S/C19H24ClN/c1-14(20)17-7-5-6-8-18(17)21-13-15-9-11-16(12-10-15)19(2,3)4/h5-12,14,21H,13H2,1-4H3. The van der Waals surface area contributed by atoms with Crippen LogP contribution in [0, 0.1) is 0 Å². The Balaban J connectivity index is 2.07. The first kappa shape index (κ1) is 15.9. The van der Waals surface area contributed by atoms with Crippen molar-refractivity contribution in [2.75, 3.05) is 5.32 Å². The van der Waals surface area contributed by atoms with Crippen LogP contribution in [0.4, 0.5) is 5.69 Å². The van der Waals surface area contributed by atoms with Crippen molar-refractivity contribution in [1.82, 2.24) is 0 Å². The Morgan fingerprint density at radius 1 is 1.00 bits per heavy atom. The van der Waals surface area contributed by atoms with Crippen LogP contribution in [0.25, 0.3) is 0 Å². The largest absolute Gasteiger partial charge is 0.381 e. The van der Waals surface area contributed by atoms with E-state index in [0.717, 1.165) is 17.8 Å². The Morgan fingerprint density at radius 3 is 2.19 bits per heavy atom. The van der Waals surface area contributed by atoms with Crippen LogP contribution in [-0.2, 0) is 12.0 Å². The molecule has 1 unspecified atom stereocenters. The van der Waals surface area contributed by atoms with Crippen LogP contribution < -0.4 is 5.32 Å². The molecule has 0 spiro atoms. The second-order valence-electron chi connectivity index (χ2n) is 6.50. The number of halogens is 1. The highest BCUT2D eigenvalue weighted by Gasteiger charge is 2.13. The Kier molecular flexibility index (Phi) is 4.95. The molecule has 0 aliphatic carbocycles. The summed E-state index contributed by atoms with van der Waals surface area (Å²) < 4.78 is 0. The van der Waals surface area contributed by atoms with Crippen LogP contribution in [0.15, 0.2) is 48.5 Å². The molecule has 0 fully saturated rings. The lowest BCUT2D eigenvalue weighted by molar-refractivity contribution is 0.590. The van der Waals surface area contributed by atoms with Gasteiger partial charge in [0.25, 0.3) is 0 Å². The molecular formula is C19H24ClN. The smallest absolute Gasteiger partial charge is 0.0577 e. The van der Waals surface area contributed by atoms with Crippen LogP contribution in [0.5, 0.6) is 0 Å². The van der Waals surface area contributed by atoms with E-state index >= 15 is 0 Å². The van der Waals surface area contributed by atoms with Gasteiger partial charge in [0.15, 0.2) is 0 Å². The van der Waals surface area contributed by atoms with Crippen LogP contribution in [0.2, 0.25) is 0 Å². The Labute approximate surface area is 133 Å². The third-order valence-corrected chi connectivity index (χ3v) is 3.93. The number of hydrogen-bond donors (Lipinski definition) is 1. The number of nitrogens with one attached hydrogen (secondary N) is 1. The first-order chi connectivity index (χ1) is 9.88. The van der Waals surface area contributed by atoms with Crippen LogP contribution in [0.3, 0.4) is 0 Å². The van der Waals surface area contributed by atoms with Crippen molar-refractivity contribution in [1.29, 1.82) is 0 Å². The zero-order valence-corrected chi connectivity index (χ0v) is 14.0. The van der Waals surface area contributed by atoms with Gasteiger partial charge in [-0.3, -0.25) is 0 Å². The molecule has 2 heteroatoms. The molecule has 1 atom stereocenters. The summed E-state index contributed by atoms with van der Waals surface area (Å²) in [6.07, 6.45) is 0. The third kappa shape index (κ3) is 4.25. The van der Waals surface area contributed by atoms with Crippen molar-refractivity contribution in [3.05, 3.63) is 65.2 Å². The summed E-state index contributed by atoms with van der Waals surface area (Å²) in [5.41, 5.74) is 5.10. The normalized spacial score (nSPS) is 13.0. The Bertz CT molecular complexity index is 579. The summed E-state index contributed by atoms with van der Waals surface area (Å²) in [7, 11) is 0. The number of hydrogen-bond acceptors (Lipinski definition) is 1. The van der Waals surface area contributed by atoms with Crippen molar-refractivity contribution < 1.29 is 0 Å². The minimum Gasteiger partial charge on any atom is -0.381 e. The maximum atomic E-state index is 6.22. The second kappa shape index (κ2) is 6.53. The molecule has 1 nitrogen and oxygen atoms in total. The molecule has 0 aliphatic rings. The van der Waals surface area contributed by atoms with E-state index in [0.29, 0.717) is 0 Å². The molecule has 0 saturated heterocycles. The Hall–Kier alpha value is -1.47. The zero-order valence-electron chi connectivity index (χ0n) is 13.3. The predicted molar refractivity (Wildman–Crippen MR) is 93.2 cm³/mol. The van der Waals surface area contributed by atoms with E-state index in [4.69, 9.17) is 11.6 Å². The minimum atomic E-state index is 0.0111. The highest BCUT2D eigenvalue weighted by atomic mass is 35.5. The first-order valence-corrected chi connectivity index (χ1v) is 7.88. The molecule has 0 saturated carbocycles. The van der Waals surface area contributed by atoms with E-state index in [-0.39, 0.29) is 10.8 Å². The molecule has 2 rings (SSSR count). The summed E-state index contributed by atoms with van der Waals surface area (Å²) in [5, 5.41) is 3.50. The number of benzene rings is 2. The van der Waals surface area contributed by atoms with Gasteiger partial charge in [-0.1, -0.05) is 63.2 Å². The van der Waals surface area contributed by atoms with Crippen molar-refractivity contribution >= 4 is 17.3 Å². The van der Waals surface area contributed by atoms with E-state index in [1.165, 1.54) is 11.1 Å². The van der Waals surface area contributed by atoms with Crippen molar-refractivity contribution in [2.24, 2.45) is 0 Å². The van der Waals surface area contributed by atoms with E-state index in [2.05, 4.69) is 62.5 Å². The van der Waals surface area contributed by atoms with Gasteiger partial charge < -0.3 is 5.32 Å². The topological polar surface area (TPSA) is 12.0 Å². The number of para-hydroxylation sites is 1. The summed E-state index contributed by atoms with van der Waals surface area (Å²) in [5.74, 6) is 0. The van der Waals surface area contributed by atoms with Crippen molar-refractivity contribution in [3.8, 4) is 0 Å². The third-order valence-electron chi connectivity index (χ3n) is 3.69. The maximum absolute atomic E-state index is 6.22. The summed E-state index contributed by atoms with van der Waals surface area (Å²) in [6.45, 7) is 9.51. The molecule has 0 radical (unpaired) electrons. The zero-order chi connectivity index (χ0) is 15.5. The average molecular weight is 302 g/mol. The molecule has 2 aromatic carbocycles. The van der Waals surface area contributed by atoms with E-state index < -0.39 is 0 Å². The lowest BCUT2D eigenvalue weighted by Crippen LogP contribution is -2.11. The molecule has 0 heterocycles. The molecule has 1 N–H and O–H groups in total. The molecule has 0 aromatic heterocycles. The van der Waals surface area contributed by atoms with Crippen LogP contribution >= 0.6 is 11.6 Å². The average Bonchev–Trinajstić information content (AvgIpc) is 2.45. The number of alkyl halides is 1. The lowest BCUT2D eigenvalue weighted by Gasteiger charge is -2.19. The van der Waals surface area contributed by atoms with E-state index in [1.807, 2.05) is 19.1 Å². The number of rotatable bonds is 4. The fraction of sp³-hybridized carbons (Fsp3) is 0.368. The first-order valence-electron chi connectivity index (χ1n) is 7.44. The van der Waals surface area contributed by atoms with Crippen molar-refractivity contribution in [2.45, 2.75) is 45.0 Å². The summed E-state index contributed by atoms with van der Waals surface area (Å²) >= 11 is 6.22. The highest BCUT2D eigenvalue weighted by Crippen LogP contribution is 2.27. The fourth-order valence-electron chi connectivity index (χ4n) is 2.32. The summed E-state index contributed by atoms with van der Waals surface area (Å²) in [6, 6.07) is 17.0. The maximum Gasteiger partial charge on any atom is 0.0577 e. The molecule has 2 aromatic rings. The number of anilines is 1. The van der Waals surface area contributed by atoms with E-state index in [1.54, 1.807) is 0 Å². The van der Waals surface area contributed by atoms with Gasteiger partial charge in [0.1, 0.15) is 0 Å². The fourth-order valence-corrected chi connectivity index (χ4v) is 2.52. The minimum absolute atomic E-state index is 0.0111. The quantitative estimate of drug-likeness (QED) is 0.694. The van der Waals surface area contributed by atoms with Gasteiger partial charge in [-0.25, -0.2) is 0 Å². The van der Waals surface area contributed by atoms with Gasteiger partial charge >= 0.3 is 0 Å². The lowest BCUT2D eigenvalue weighted by atomic mass is 9.87. The van der Waals surface area contributed by atoms with Gasteiger partial charge in [0.05, 0.1) is 5.38 Å². The van der Waals surface area contributed by atoms with Crippen molar-refractivity contribution in [3.63, 3.8) is 0 Å². The molecule has 0 bridgehead atoms. The molecular weight excluding hydrogens is 278 g/mol. The second-order valence-corrected chi connectivity index (χ2v) is 7.16. The predicted octanol–water partition coefficient (Wildman–Crippen LogP) is 5.90. The van der Waals surface area contributed by atoms with Crippen LogP contribution in [-0.4, -0.2) is 0 Å². The van der Waals surface area contributed by atoms with Crippen LogP contribution in [0.1, 0.15) is 49.8 Å². The van der Waals surface area contributed by atoms with Gasteiger partial charge in [-0.15, -0.1) is 11.6 Å². The highest BCUT2D eigenvalue weighted by molar-refractivity contribution is 6.21. The SMILES string of the molecule is CC(Cl)c1ccccc1NCc1ccc(C(C)(C)C)cc1. The van der Waals surface area contributed by atoms with E-state index in [9.17, 15) is 0 Å². The molecule has 0 aliphatic heterocycles. The summed E-state index contributed by atoms with van der Waals surface area (Å²) in [4.78, 5) is 0. The molecule has 0 amide bonds. The van der Waals surface area contributed by atoms with Gasteiger partial charge in [0, 0.05) is 12.2 Å². The van der Waals surface area contributed by atoms with Gasteiger partial charge in [-0.05, 0) is 35.1 Å². The molecule has 112 valence electrons. The molecule has 21 heavy (non-hydrogen) atoms. The Morgan fingerprint density at radius 2 is 1.62 bits per heavy atom. The van der Waals surface area contributed by atoms with Gasteiger partial charge in [0.2, 0.25) is 0 Å².